The Kier molecular flexibility index (Phi) is 6.47. The number of hydrogen-bond acceptors (Lipinski definition) is 4. The van der Waals surface area contributed by atoms with E-state index in [1.54, 1.807) is 43.3 Å². The molecule has 4 nitrogen and oxygen atoms in total. The molecule has 1 N–H and O–H groups in total. The Labute approximate surface area is 195 Å². The van der Waals surface area contributed by atoms with Crippen molar-refractivity contribution in [3.05, 3.63) is 84.1 Å². The number of para-hydroxylation sites is 1. The van der Waals surface area contributed by atoms with Gasteiger partial charge in [-0.3, -0.25) is 4.98 Å². The van der Waals surface area contributed by atoms with E-state index in [1.165, 1.54) is 12.3 Å². The molecule has 0 saturated heterocycles. The third-order valence-corrected chi connectivity index (χ3v) is 7.61. The Morgan fingerprint density at radius 1 is 0.912 bits per heavy atom. The maximum Gasteiger partial charge on any atom is 0.418 e. The zero-order valence-electron chi connectivity index (χ0n) is 18.3. The first-order valence-corrected chi connectivity index (χ1v) is 12.3. The Bertz CT molecular complexity index is 1460. The van der Waals surface area contributed by atoms with E-state index in [9.17, 15) is 21.6 Å². The number of benzene rings is 3. The van der Waals surface area contributed by atoms with Gasteiger partial charge in [-0.05, 0) is 65.4 Å². The van der Waals surface area contributed by atoms with Crippen molar-refractivity contribution in [3.63, 3.8) is 0 Å². The fourth-order valence-corrected chi connectivity index (χ4v) is 5.60. The third-order valence-electron chi connectivity index (χ3n) is 5.68. The quantitative estimate of drug-likeness (QED) is 0.361. The molecule has 0 fully saturated rings. The zero-order chi connectivity index (χ0) is 24.5. The van der Waals surface area contributed by atoms with Crippen LogP contribution >= 0.6 is 0 Å². The number of aliphatic hydroxyl groups is 1. The fourth-order valence-electron chi connectivity index (χ4n) is 4.00. The number of aliphatic hydroxyl groups excluding tert-OH is 1. The van der Waals surface area contributed by atoms with Gasteiger partial charge in [0.05, 0.1) is 21.7 Å². The van der Waals surface area contributed by atoms with Crippen molar-refractivity contribution in [1.29, 1.82) is 0 Å². The number of pyridine rings is 1. The van der Waals surface area contributed by atoms with Crippen LogP contribution in [-0.4, -0.2) is 30.9 Å². The second-order valence-corrected chi connectivity index (χ2v) is 10.1. The second-order valence-electron chi connectivity index (χ2n) is 8.02. The lowest BCUT2D eigenvalue weighted by Gasteiger charge is -2.13. The van der Waals surface area contributed by atoms with Crippen LogP contribution in [0, 0.1) is 6.92 Å². The van der Waals surface area contributed by atoms with E-state index >= 15 is 0 Å². The van der Waals surface area contributed by atoms with E-state index in [0.29, 0.717) is 27.6 Å². The maximum absolute atomic E-state index is 13.5. The van der Waals surface area contributed by atoms with Crippen molar-refractivity contribution in [2.45, 2.75) is 24.4 Å². The highest BCUT2D eigenvalue weighted by Crippen LogP contribution is 2.38. The molecule has 0 atom stereocenters. The molecule has 4 aromatic rings. The number of aryl methyl sites for hydroxylation is 1. The van der Waals surface area contributed by atoms with E-state index in [4.69, 9.17) is 5.11 Å². The number of hydrogen-bond donors (Lipinski definition) is 1. The Morgan fingerprint density at radius 3 is 2.35 bits per heavy atom. The summed E-state index contributed by atoms with van der Waals surface area (Å²) in [6.45, 7) is 1.50. The highest BCUT2D eigenvalue weighted by molar-refractivity contribution is 7.91. The molecule has 1 heterocycles. The molecule has 0 amide bonds. The van der Waals surface area contributed by atoms with Crippen molar-refractivity contribution < 1.29 is 26.7 Å². The van der Waals surface area contributed by atoms with Crippen molar-refractivity contribution in [3.8, 4) is 22.3 Å². The molecule has 0 spiro atoms. The van der Waals surface area contributed by atoms with E-state index in [2.05, 4.69) is 4.98 Å². The number of alkyl halides is 3. The summed E-state index contributed by atoms with van der Waals surface area (Å²) in [6.07, 6.45) is -3.01. The smallest absolute Gasteiger partial charge is 0.396 e. The van der Waals surface area contributed by atoms with Crippen LogP contribution in [0.1, 0.15) is 17.5 Å². The Hall–Kier alpha value is -3.23. The number of fused-ring (bicyclic) bond motifs is 1. The van der Waals surface area contributed by atoms with Gasteiger partial charge in [0, 0.05) is 18.2 Å². The first-order chi connectivity index (χ1) is 16.1. The van der Waals surface area contributed by atoms with Crippen LogP contribution in [-0.2, 0) is 16.0 Å². The molecule has 0 saturated carbocycles. The summed E-state index contributed by atoms with van der Waals surface area (Å²) in [6, 6.07) is 18.0. The van der Waals surface area contributed by atoms with Gasteiger partial charge in [-0.25, -0.2) is 8.42 Å². The SMILES string of the molecule is Cc1ccc(-c2cccc(-c3ccnc4c(C(F)(F)F)cccc34)c2)cc1S(=O)(=O)CCCO. The minimum Gasteiger partial charge on any atom is -0.396 e. The van der Waals surface area contributed by atoms with Gasteiger partial charge in [-0.15, -0.1) is 0 Å². The standard InChI is InChI=1S/C26H22F3NO3S/c1-17-9-10-19(16-24(17)34(32,33)14-4-13-31)18-5-2-6-20(15-18)21-11-12-30-25-22(21)7-3-8-23(25)26(27,28)29/h2-3,5-12,15-16,31H,4,13-14H2,1H3. The molecule has 0 bridgehead atoms. The van der Waals surface area contributed by atoms with Gasteiger partial charge in [0.25, 0.3) is 0 Å². The molecule has 34 heavy (non-hydrogen) atoms. The predicted octanol–water partition coefficient (Wildman–Crippen LogP) is 6.05. The molecule has 0 aliphatic carbocycles. The lowest BCUT2D eigenvalue weighted by atomic mass is 9.95. The van der Waals surface area contributed by atoms with Gasteiger partial charge >= 0.3 is 6.18 Å². The van der Waals surface area contributed by atoms with E-state index in [0.717, 1.165) is 11.6 Å². The summed E-state index contributed by atoms with van der Waals surface area (Å²) in [5, 5.41) is 9.40. The first kappa shape index (κ1) is 23.9. The monoisotopic (exact) mass is 485 g/mol. The van der Waals surface area contributed by atoms with E-state index < -0.39 is 21.6 Å². The van der Waals surface area contributed by atoms with Gasteiger partial charge in [-0.2, -0.15) is 13.2 Å². The fraction of sp³-hybridized carbons (Fsp3) is 0.192. The molecule has 8 heteroatoms. The molecule has 3 aromatic carbocycles. The van der Waals surface area contributed by atoms with Crippen molar-refractivity contribution in [2.75, 3.05) is 12.4 Å². The van der Waals surface area contributed by atoms with Crippen LogP contribution in [0.15, 0.2) is 77.8 Å². The van der Waals surface area contributed by atoms with Crippen molar-refractivity contribution >= 4 is 20.7 Å². The first-order valence-electron chi connectivity index (χ1n) is 10.6. The molecular formula is C26H22F3NO3S. The number of aromatic nitrogens is 1. The van der Waals surface area contributed by atoms with Crippen molar-refractivity contribution in [1.82, 2.24) is 4.98 Å². The van der Waals surface area contributed by atoms with Gasteiger partial charge in [-0.1, -0.05) is 42.5 Å². The summed E-state index contributed by atoms with van der Waals surface area (Å²) < 4.78 is 65.9. The van der Waals surface area contributed by atoms with Crippen LogP contribution in [0.3, 0.4) is 0 Å². The third kappa shape index (κ3) is 4.69. The zero-order valence-corrected chi connectivity index (χ0v) is 19.1. The van der Waals surface area contributed by atoms with E-state index in [-0.39, 0.29) is 29.2 Å². The Balaban J connectivity index is 1.82. The van der Waals surface area contributed by atoms with Crippen LogP contribution < -0.4 is 0 Å². The minimum absolute atomic E-state index is 0.120. The number of nitrogens with zero attached hydrogens (tertiary/aromatic N) is 1. The molecule has 0 aliphatic rings. The molecule has 0 unspecified atom stereocenters. The molecule has 1 aromatic heterocycles. The average molecular weight is 486 g/mol. The molecular weight excluding hydrogens is 463 g/mol. The van der Waals surface area contributed by atoms with Crippen LogP contribution in [0.5, 0.6) is 0 Å². The average Bonchev–Trinajstić information content (AvgIpc) is 2.81. The summed E-state index contributed by atoms with van der Waals surface area (Å²) in [7, 11) is -3.57. The van der Waals surface area contributed by atoms with E-state index in [1.807, 2.05) is 18.2 Å². The summed E-state index contributed by atoms with van der Waals surface area (Å²) in [5.74, 6) is -0.154. The maximum atomic E-state index is 13.5. The summed E-state index contributed by atoms with van der Waals surface area (Å²) >= 11 is 0. The van der Waals surface area contributed by atoms with Gasteiger partial charge in [0.1, 0.15) is 0 Å². The molecule has 0 radical (unpaired) electrons. The number of halogens is 3. The van der Waals surface area contributed by atoms with Crippen molar-refractivity contribution in [2.24, 2.45) is 0 Å². The molecule has 176 valence electrons. The second kappa shape index (κ2) is 9.19. The lowest BCUT2D eigenvalue weighted by molar-refractivity contribution is -0.136. The topological polar surface area (TPSA) is 67.3 Å². The largest absolute Gasteiger partial charge is 0.418 e. The molecule has 4 rings (SSSR count). The van der Waals surface area contributed by atoms with Gasteiger partial charge in [0.15, 0.2) is 9.84 Å². The van der Waals surface area contributed by atoms with Crippen LogP contribution in [0.4, 0.5) is 13.2 Å². The van der Waals surface area contributed by atoms with Gasteiger partial charge < -0.3 is 5.11 Å². The normalized spacial score (nSPS) is 12.3. The summed E-state index contributed by atoms with van der Waals surface area (Å²) in [5.41, 5.74) is 2.38. The minimum atomic E-state index is -4.52. The van der Waals surface area contributed by atoms with Gasteiger partial charge in [0.2, 0.25) is 0 Å². The highest BCUT2D eigenvalue weighted by atomic mass is 32.2. The summed E-state index contributed by atoms with van der Waals surface area (Å²) in [4.78, 5) is 4.18. The van der Waals surface area contributed by atoms with Crippen LogP contribution in [0.25, 0.3) is 33.2 Å². The Morgan fingerprint density at radius 2 is 1.62 bits per heavy atom. The highest BCUT2D eigenvalue weighted by Gasteiger charge is 2.33. The predicted molar refractivity (Wildman–Crippen MR) is 126 cm³/mol. The number of sulfone groups is 1. The van der Waals surface area contributed by atoms with Crippen LogP contribution in [0.2, 0.25) is 0 Å². The molecule has 0 aliphatic heterocycles. The number of rotatable bonds is 6. The lowest BCUT2D eigenvalue weighted by Crippen LogP contribution is -2.10.